The summed E-state index contributed by atoms with van der Waals surface area (Å²) < 4.78 is 10.8. The molecule has 188 valence electrons. The monoisotopic (exact) mass is 471 g/mol. The second kappa shape index (κ2) is 9.76. The van der Waals surface area contributed by atoms with E-state index < -0.39 is 11.7 Å². The molecule has 1 aliphatic heterocycles. The quantitative estimate of drug-likeness (QED) is 0.605. The first-order chi connectivity index (χ1) is 16.1. The van der Waals surface area contributed by atoms with Gasteiger partial charge in [0.2, 0.25) is 5.91 Å². The van der Waals surface area contributed by atoms with Crippen molar-refractivity contribution in [2.75, 3.05) is 33.3 Å². The lowest BCUT2D eigenvalue weighted by Crippen LogP contribution is -2.60. The third-order valence-electron chi connectivity index (χ3n) is 7.92. The van der Waals surface area contributed by atoms with Gasteiger partial charge < -0.3 is 20.1 Å². The van der Waals surface area contributed by atoms with Gasteiger partial charge in [-0.3, -0.25) is 9.69 Å². The van der Waals surface area contributed by atoms with Crippen LogP contribution in [-0.2, 0) is 21.4 Å². The maximum Gasteiger partial charge on any atom is 0.408 e. The number of fused-ring (bicyclic) bond motifs is 4. The predicted octanol–water partition coefficient (Wildman–Crippen LogP) is 3.64. The Labute approximate surface area is 203 Å². The van der Waals surface area contributed by atoms with Crippen LogP contribution in [0.2, 0.25) is 0 Å². The molecule has 3 atom stereocenters. The zero-order chi connectivity index (χ0) is 24.5. The molecule has 2 amide bonds. The summed E-state index contributed by atoms with van der Waals surface area (Å²) in [4.78, 5) is 27.0. The van der Waals surface area contributed by atoms with Crippen molar-refractivity contribution in [1.29, 1.82) is 0 Å². The fraction of sp³-hybridized carbons (Fsp3) is 0.704. The summed E-state index contributed by atoms with van der Waals surface area (Å²) in [7, 11) is 1.72. The van der Waals surface area contributed by atoms with Crippen LogP contribution in [0.3, 0.4) is 0 Å². The molecule has 0 aromatic heterocycles. The van der Waals surface area contributed by atoms with Crippen molar-refractivity contribution in [3.8, 4) is 5.75 Å². The highest BCUT2D eigenvalue weighted by Gasteiger charge is 2.51. The van der Waals surface area contributed by atoms with Gasteiger partial charge in [-0.2, -0.15) is 0 Å². The van der Waals surface area contributed by atoms with Crippen LogP contribution in [0.25, 0.3) is 0 Å². The number of hydrogen-bond acceptors (Lipinski definition) is 5. The lowest BCUT2D eigenvalue weighted by molar-refractivity contribution is -0.120. The van der Waals surface area contributed by atoms with Gasteiger partial charge in [-0.1, -0.05) is 13.0 Å². The van der Waals surface area contributed by atoms with Crippen LogP contribution >= 0.6 is 0 Å². The zero-order valence-corrected chi connectivity index (χ0v) is 21.4. The van der Waals surface area contributed by atoms with Crippen LogP contribution in [0.15, 0.2) is 18.2 Å². The summed E-state index contributed by atoms with van der Waals surface area (Å²) in [6, 6.07) is 7.09. The molecule has 7 nitrogen and oxygen atoms in total. The van der Waals surface area contributed by atoms with Gasteiger partial charge in [-0.05, 0) is 94.5 Å². The Kier molecular flexibility index (Phi) is 7.13. The first-order valence-electron chi connectivity index (χ1n) is 12.8. The van der Waals surface area contributed by atoms with Crippen molar-refractivity contribution in [2.24, 2.45) is 11.8 Å². The maximum atomic E-state index is 12.4. The zero-order valence-electron chi connectivity index (χ0n) is 21.4. The van der Waals surface area contributed by atoms with E-state index >= 15 is 0 Å². The number of nitrogens with one attached hydrogen (secondary N) is 2. The molecule has 1 saturated heterocycles. The minimum absolute atomic E-state index is 0.0126. The van der Waals surface area contributed by atoms with Gasteiger partial charge in [0, 0.05) is 24.5 Å². The third-order valence-corrected chi connectivity index (χ3v) is 7.92. The molecule has 1 aromatic rings. The molecule has 2 aliphatic carbocycles. The van der Waals surface area contributed by atoms with Crippen LogP contribution in [0.4, 0.5) is 4.79 Å². The lowest BCUT2D eigenvalue weighted by Gasteiger charge is -2.56. The standard InChI is InChI=1S/C27H41N3O4/c1-18-23-14-20-8-9-21(33-5)15-22(20)27(18,11-13-30(23)17-19-6-7-19)10-12-28-24(31)16-29-25(32)34-26(2,3)4/h8-9,15,18-19,23H,6-7,10-14,16-17H2,1-5H3,(H,28,31)(H,29,32)/t18-,23+,27?/m0/s1. The molecular formula is C27H41N3O4. The van der Waals surface area contributed by atoms with E-state index in [-0.39, 0.29) is 17.9 Å². The molecule has 4 rings (SSSR count). The largest absolute Gasteiger partial charge is 0.497 e. The van der Waals surface area contributed by atoms with Gasteiger partial charge in [-0.15, -0.1) is 0 Å². The highest BCUT2D eigenvalue weighted by Crippen LogP contribution is 2.52. The first-order valence-corrected chi connectivity index (χ1v) is 12.8. The molecule has 2 bridgehead atoms. The fourth-order valence-corrected chi connectivity index (χ4v) is 5.96. The Morgan fingerprint density at radius 3 is 2.65 bits per heavy atom. The second-order valence-electron chi connectivity index (χ2n) is 11.4. The van der Waals surface area contributed by atoms with E-state index in [0.717, 1.165) is 37.5 Å². The molecule has 3 aliphatic rings. The van der Waals surface area contributed by atoms with Gasteiger partial charge in [0.05, 0.1) is 13.7 Å². The number of alkyl carbamates (subject to hydrolysis) is 1. The maximum absolute atomic E-state index is 12.4. The van der Waals surface area contributed by atoms with E-state index in [1.165, 1.54) is 30.5 Å². The number of likely N-dealkylation sites (tertiary alicyclic amines) is 1. The third kappa shape index (κ3) is 5.51. The van der Waals surface area contributed by atoms with E-state index in [9.17, 15) is 9.59 Å². The Bertz CT molecular complexity index is 908. The predicted molar refractivity (Wildman–Crippen MR) is 132 cm³/mol. The van der Waals surface area contributed by atoms with Gasteiger partial charge >= 0.3 is 6.09 Å². The highest BCUT2D eigenvalue weighted by molar-refractivity contribution is 5.82. The van der Waals surface area contributed by atoms with E-state index in [1.54, 1.807) is 27.9 Å². The normalized spacial score (nSPS) is 26.4. The minimum Gasteiger partial charge on any atom is -0.497 e. The number of amides is 2. The summed E-state index contributed by atoms with van der Waals surface area (Å²) in [6.45, 7) is 10.6. The Morgan fingerprint density at radius 2 is 1.97 bits per heavy atom. The van der Waals surface area contributed by atoms with E-state index in [4.69, 9.17) is 9.47 Å². The van der Waals surface area contributed by atoms with Gasteiger partial charge in [0.1, 0.15) is 11.4 Å². The Morgan fingerprint density at radius 1 is 1.21 bits per heavy atom. The molecule has 7 heteroatoms. The number of carbonyl (C=O) groups excluding carboxylic acids is 2. The van der Waals surface area contributed by atoms with Crippen molar-refractivity contribution >= 4 is 12.0 Å². The number of piperidine rings is 1. The molecule has 2 fully saturated rings. The van der Waals surface area contributed by atoms with Crippen LogP contribution in [0.1, 0.15) is 64.5 Å². The molecule has 2 N–H and O–H groups in total. The fourth-order valence-electron chi connectivity index (χ4n) is 5.96. The Hall–Kier alpha value is -2.28. The summed E-state index contributed by atoms with van der Waals surface area (Å²) in [5.74, 6) is 2.08. The number of ether oxygens (including phenoxy) is 2. The van der Waals surface area contributed by atoms with Crippen LogP contribution in [-0.4, -0.2) is 61.8 Å². The molecule has 0 spiro atoms. The molecular weight excluding hydrogens is 430 g/mol. The summed E-state index contributed by atoms with van der Waals surface area (Å²) in [5, 5.41) is 5.57. The number of hydrogen-bond donors (Lipinski definition) is 2. The topological polar surface area (TPSA) is 79.9 Å². The second-order valence-corrected chi connectivity index (χ2v) is 11.4. The van der Waals surface area contributed by atoms with Crippen molar-refractivity contribution in [3.63, 3.8) is 0 Å². The summed E-state index contributed by atoms with van der Waals surface area (Å²) >= 11 is 0. The summed E-state index contributed by atoms with van der Waals surface area (Å²) in [6.07, 6.45) is 5.22. The van der Waals surface area contributed by atoms with Crippen LogP contribution in [0, 0.1) is 11.8 Å². The number of carbonyl (C=O) groups is 2. The van der Waals surface area contributed by atoms with Crippen molar-refractivity contribution in [2.45, 2.75) is 76.9 Å². The van der Waals surface area contributed by atoms with Crippen LogP contribution < -0.4 is 15.4 Å². The SMILES string of the molecule is COc1ccc2c(c1)C1(CCNC(=O)CNC(=O)OC(C)(C)C)CCN(CC3CC3)[C@H](C2)[C@@H]1C. The number of methoxy groups -OCH3 is 1. The molecule has 1 aromatic carbocycles. The molecule has 1 heterocycles. The average molecular weight is 472 g/mol. The van der Waals surface area contributed by atoms with Gasteiger partial charge in [-0.25, -0.2) is 4.79 Å². The lowest BCUT2D eigenvalue weighted by atomic mass is 9.56. The van der Waals surface area contributed by atoms with E-state index in [2.05, 4.69) is 40.7 Å². The molecule has 1 saturated carbocycles. The number of rotatable bonds is 8. The minimum atomic E-state index is -0.587. The smallest absolute Gasteiger partial charge is 0.408 e. The van der Waals surface area contributed by atoms with Gasteiger partial charge in [0.15, 0.2) is 0 Å². The molecule has 1 unspecified atom stereocenters. The average Bonchev–Trinajstić information content (AvgIpc) is 3.59. The number of nitrogens with zero attached hydrogens (tertiary/aromatic N) is 1. The molecule has 0 radical (unpaired) electrons. The van der Waals surface area contributed by atoms with Crippen molar-refractivity contribution in [3.05, 3.63) is 29.3 Å². The van der Waals surface area contributed by atoms with Crippen molar-refractivity contribution in [1.82, 2.24) is 15.5 Å². The summed E-state index contributed by atoms with van der Waals surface area (Å²) in [5.41, 5.74) is 2.24. The van der Waals surface area contributed by atoms with Crippen molar-refractivity contribution < 1.29 is 19.1 Å². The van der Waals surface area contributed by atoms with Gasteiger partial charge in [0.25, 0.3) is 0 Å². The first kappa shape index (κ1) is 24.8. The van der Waals surface area contributed by atoms with E-state index in [0.29, 0.717) is 18.5 Å². The van der Waals surface area contributed by atoms with Crippen LogP contribution in [0.5, 0.6) is 5.75 Å². The number of benzene rings is 1. The van der Waals surface area contributed by atoms with E-state index in [1.807, 2.05) is 0 Å². The highest BCUT2D eigenvalue weighted by atomic mass is 16.6. The Balaban J connectivity index is 1.43. The molecule has 34 heavy (non-hydrogen) atoms.